The second-order valence-electron chi connectivity index (χ2n) is 4.00. The van der Waals surface area contributed by atoms with Crippen molar-refractivity contribution in [3.63, 3.8) is 0 Å². The smallest absolute Gasteiger partial charge is 0.124 e. The zero-order valence-electron chi connectivity index (χ0n) is 9.41. The minimum atomic E-state index is -0.0410. The minimum absolute atomic E-state index is 0.0410. The molecule has 0 aromatic heterocycles. The molecule has 0 amide bonds. The quantitative estimate of drug-likeness (QED) is 0.639. The number of nitrogens with one attached hydrogen (secondary N) is 1. The number of ether oxygens (including phenoxy) is 2. The van der Waals surface area contributed by atoms with E-state index in [4.69, 9.17) is 32.2 Å². The standard InChI is InChI=1S/C12H15ClN2O2/c13-11-6-8(3-4-10(11)12(14)15)17-7-9-2-1-5-16-9/h3-4,6,9H,1-2,5,7H2,(H3,14,15). The van der Waals surface area contributed by atoms with Gasteiger partial charge in [-0.15, -0.1) is 0 Å². The van der Waals surface area contributed by atoms with Crippen LogP contribution in [0.2, 0.25) is 5.02 Å². The number of amidine groups is 1. The monoisotopic (exact) mass is 254 g/mol. The summed E-state index contributed by atoms with van der Waals surface area (Å²) in [6.45, 7) is 1.35. The molecular formula is C12H15ClN2O2. The second kappa shape index (κ2) is 5.38. The van der Waals surface area contributed by atoms with E-state index in [0.717, 1.165) is 19.4 Å². The molecule has 0 radical (unpaired) electrons. The van der Waals surface area contributed by atoms with E-state index in [1.54, 1.807) is 18.2 Å². The van der Waals surface area contributed by atoms with Crippen LogP contribution in [-0.2, 0) is 4.74 Å². The van der Waals surface area contributed by atoms with E-state index in [-0.39, 0.29) is 11.9 Å². The maximum Gasteiger partial charge on any atom is 0.124 e. The molecule has 1 fully saturated rings. The summed E-state index contributed by atoms with van der Waals surface area (Å²) >= 11 is 5.99. The highest BCUT2D eigenvalue weighted by Gasteiger charge is 2.16. The van der Waals surface area contributed by atoms with Gasteiger partial charge in [0, 0.05) is 12.2 Å². The molecule has 92 valence electrons. The van der Waals surface area contributed by atoms with E-state index in [1.807, 2.05) is 0 Å². The Morgan fingerprint density at radius 1 is 1.59 bits per heavy atom. The first-order valence-electron chi connectivity index (χ1n) is 5.55. The molecule has 1 unspecified atom stereocenters. The Morgan fingerprint density at radius 2 is 2.41 bits per heavy atom. The van der Waals surface area contributed by atoms with Crippen LogP contribution in [0.15, 0.2) is 18.2 Å². The summed E-state index contributed by atoms with van der Waals surface area (Å²) in [5.41, 5.74) is 5.90. The normalized spacial score (nSPS) is 19.2. The largest absolute Gasteiger partial charge is 0.491 e. The Kier molecular flexibility index (Phi) is 3.86. The molecule has 1 saturated heterocycles. The lowest BCUT2D eigenvalue weighted by atomic mass is 10.2. The van der Waals surface area contributed by atoms with Gasteiger partial charge in [-0.1, -0.05) is 11.6 Å². The molecule has 2 rings (SSSR count). The van der Waals surface area contributed by atoms with Gasteiger partial charge in [-0.2, -0.15) is 0 Å². The number of rotatable bonds is 4. The molecular weight excluding hydrogens is 240 g/mol. The fourth-order valence-corrected chi connectivity index (χ4v) is 2.04. The van der Waals surface area contributed by atoms with E-state index >= 15 is 0 Å². The molecule has 3 N–H and O–H groups in total. The van der Waals surface area contributed by atoms with Gasteiger partial charge in [-0.3, -0.25) is 5.41 Å². The number of nitrogen functional groups attached to an aromatic ring is 1. The van der Waals surface area contributed by atoms with Crippen LogP contribution < -0.4 is 10.5 Å². The molecule has 1 aliphatic rings. The van der Waals surface area contributed by atoms with Gasteiger partial charge in [-0.25, -0.2) is 0 Å². The summed E-state index contributed by atoms with van der Waals surface area (Å²) in [5.74, 6) is 0.635. The number of halogens is 1. The van der Waals surface area contributed by atoms with Gasteiger partial charge in [0.15, 0.2) is 0 Å². The van der Waals surface area contributed by atoms with Gasteiger partial charge in [0.2, 0.25) is 0 Å². The Balaban J connectivity index is 1.97. The molecule has 1 aliphatic heterocycles. The molecule has 1 aromatic carbocycles. The zero-order chi connectivity index (χ0) is 12.3. The van der Waals surface area contributed by atoms with Gasteiger partial charge < -0.3 is 15.2 Å². The zero-order valence-corrected chi connectivity index (χ0v) is 10.2. The third kappa shape index (κ3) is 3.11. The summed E-state index contributed by atoms with van der Waals surface area (Å²) in [6, 6.07) is 5.13. The maximum absolute atomic E-state index is 7.32. The first-order chi connectivity index (χ1) is 8.16. The van der Waals surface area contributed by atoms with E-state index in [1.165, 1.54) is 0 Å². The average molecular weight is 255 g/mol. The van der Waals surface area contributed by atoms with Crippen molar-refractivity contribution >= 4 is 17.4 Å². The molecule has 0 saturated carbocycles. The van der Waals surface area contributed by atoms with E-state index in [2.05, 4.69) is 0 Å². The highest BCUT2D eigenvalue weighted by molar-refractivity contribution is 6.34. The average Bonchev–Trinajstić information content (AvgIpc) is 2.78. The summed E-state index contributed by atoms with van der Waals surface area (Å²) in [7, 11) is 0. The van der Waals surface area contributed by atoms with Crippen LogP contribution in [0.5, 0.6) is 5.75 Å². The third-order valence-corrected chi connectivity index (χ3v) is 3.00. The third-order valence-electron chi connectivity index (χ3n) is 2.69. The van der Waals surface area contributed by atoms with Crippen molar-refractivity contribution < 1.29 is 9.47 Å². The van der Waals surface area contributed by atoms with Gasteiger partial charge in [0.25, 0.3) is 0 Å². The van der Waals surface area contributed by atoms with E-state index in [9.17, 15) is 0 Å². The Bertz CT molecular complexity index is 417. The number of hydrogen-bond acceptors (Lipinski definition) is 3. The highest BCUT2D eigenvalue weighted by Crippen LogP contribution is 2.23. The summed E-state index contributed by atoms with van der Waals surface area (Å²) in [4.78, 5) is 0. The molecule has 4 nitrogen and oxygen atoms in total. The Morgan fingerprint density at radius 3 is 3.00 bits per heavy atom. The molecule has 0 aliphatic carbocycles. The van der Waals surface area contributed by atoms with E-state index < -0.39 is 0 Å². The van der Waals surface area contributed by atoms with Crippen LogP contribution >= 0.6 is 11.6 Å². The Hall–Kier alpha value is -1.26. The summed E-state index contributed by atoms with van der Waals surface area (Å²) < 4.78 is 11.0. The van der Waals surface area contributed by atoms with Crippen molar-refractivity contribution in [2.75, 3.05) is 13.2 Å². The lowest BCUT2D eigenvalue weighted by molar-refractivity contribution is 0.0679. The first-order valence-corrected chi connectivity index (χ1v) is 5.93. The molecule has 0 spiro atoms. The van der Waals surface area contributed by atoms with Crippen LogP contribution in [0.4, 0.5) is 0 Å². The second-order valence-corrected chi connectivity index (χ2v) is 4.41. The first kappa shape index (κ1) is 12.2. The van der Waals surface area contributed by atoms with Crippen molar-refractivity contribution in [1.82, 2.24) is 0 Å². The Labute approximate surface area is 105 Å². The molecule has 1 heterocycles. The van der Waals surface area contributed by atoms with Crippen molar-refractivity contribution in [2.24, 2.45) is 5.73 Å². The highest BCUT2D eigenvalue weighted by atomic mass is 35.5. The van der Waals surface area contributed by atoms with Gasteiger partial charge in [-0.05, 0) is 31.0 Å². The van der Waals surface area contributed by atoms with Crippen LogP contribution in [0, 0.1) is 5.41 Å². The summed E-state index contributed by atoms with van der Waals surface area (Å²) in [6.07, 6.45) is 2.32. The lowest BCUT2D eigenvalue weighted by Crippen LogP contribution is -2.16. The fourth-order valence-electron chi connectivity index (χ4n) is 1.77. The minimum Gasteiger partial charge on any atom is -0.491 e. The maximum atomic E-state index is 7.32. The van der Waals surface area contributed by atoms with Gasteiger partial charge >= 0.3 is 0 Å². The molecule has 1 aromatic rings. The van der Waals surface area contributed by atoms with E-state index in [0.29, 0.717) is 22.9 Å². The van der Waals surface area contributed by atoms with Crippen LogP contribution in [0.3, 0.4) is 0 Å². The van der Waals surface area contributed by atoms with Gasteiger partial charge in [0.05, 0.1) is 11.1 Å². The molecule has 17 heavy (non-hydrogen) atoms. The van der Waals surface area contributed by atoms with Crippen molar-refractivity contribution in [3.05, 3.63) is 28.8 Å². The summed E-state index contributed by atoms with van der Waals surface area (Å²) in [5, 5.41) is 7.75. The number of nitrogens with two attached hydrogens (primary N) is 1. The molecule has 5 heteroatoms. The van der Waals surface area contributed by atoms with Crippen LogP contribution in [0.25, 0.3) is 0 Å². The number of hydrogen-bond donors (Lipinski definition) is 2. The predicted octanol–water partition coefficient (Wildman–Crippen LogP) is 2.18. The lowest BCUT2D eigenvalue weighted by Gasteiger charge is -2.12. The van der Waals surface area contributed by atoms with Crippen LogP contribution in [0.1, 0.15) is 18.4 Å². The molecule has 0 bridgehead atoms. The van der Waals surface area contributed by atoms with Gasteiger partial charge in [0.1, 0.15) is 18.2 Å². The van der Waals surface area contributed by atoms with Crippen molar-refractivity contribution in [3.8, 4) is 5.75 Å². The van der Waals surface area contributed by atoms with Crippen molar-refractivity contribution in [1.29, 1.82) is 5.41 Å². The topological polar surface area (TPSA) is 68.3 Å². The van der Waals surface area contributed by atoms with Crippen LogP contribution in [-0.4, -0.2) is 25.2 Å². The molecule has 1 atom stereocenters. The predicted molar refractivity (Wildman–Crippen MR) is 66.9 cm³/mol. The number of benzene rings is 1. The SMILES string of the molecule is N=C(N)c1ccc(OCC2CCCO2)cc1Cl. The van der Waals surface area contributed by atoms with Crippen molar-refractivity contribution in [2.45, 2.75) is 18.9 Å². The fraction of sp³-hybridized carbons (Fsp3) is 0.417.